The Kier molecular flexibility index (Phi) is 7.13. The van der Waals surface area contributed by atoms with Gasteiger partial charge in [0.05, 0.1) is 5.60 Å². The molecule has 0 aromatic carbocycles. The minimum Gasteiger partial charge on any atom is -0.388 e. The van der Waals surface area contributed by atoms with Gasteiger partial charge in [0.25, 0.3) is 0 Å². The zero-order valence-electron chi connectivity index (χ0n) is 8.68. The van der Waals surface area contributed by atoms with Crippen LogP contribution in [0.1, 0.15) is 19.8 Å². The molecule has 1 atom stereocenters. The van der Waals surface area contributed by atoms with Crippen LogP contribution in [-0.4, -0.2) is 42.2 Å². The van der Waals surface area contributed by atoms with Gasteiger partial charge in [-0.2, -0.15) is 0 Å². The second-order valence-electron chi connectivity index (χ2n) is 3.46. The summed E-state index contributed by atoms with van der Waals surface area (Å²) in [6.45, 7) is 2.43. The fourth-order valence-corrected chi connectivity index (χ4v) is 1.23. The lowest BCUT2D eigenvalue weighted by Gasteiger charge is -2.23. The first kappa shape index (κ1) is 13.9. The standard InChI is InChI=1S/C9H18BrNO3/c1-9(13,4-6-14-2)7-11-8(12)3-5-10/h13H,3-7H2,1-2H3,(H,11,12). The molecule has 0 spiro atoms. The molecule has 14 heavy (non-hydrogen) atoms. The fourth-order valence-electron chi connectivity index (χ4n) is 0.874. The van der Waals surface area contributed by atoms with E-state index in [4.69, 9.17) is 4.74 Å². The average Bonchev–Trinajstić information content (AvgIpc) is 2.13. The lowest BCUT2D eigenvalue weighted by atomic mass is 10.0. The van der Waals surface area contributed by atoms with Crippen molar-refractivity contribution in [2.75, 3.05) is 25.6 Å². The van der Waals surface area contributed by atoms with Crippen LogP contribution in [0.25, 0.3) is 0 Å². The number of carbonyl (C=O) groups excluding carboxylic acids is 1. The summed E-state index contributed by atoms with van der Waals surface area (Å²) >= 11 is 3.17. The number of aliphatic hydroxyl groups is 1. The van der Waals surface area contributed by atoms with Crippen LogP contribution in [-0.2, 0) is 9.53 Å². The Morgan fingerprint density at radius 3 is 2.79 bits per heavy atom. The van der Waals surface area contributed by atoms with Crippen molar-refractivity contribution in [2.24, 2.45) is 0 Å². The van der Waals surface area contributed by atoms with Gasteiger partial charge in [-0.25, -0.2) is 0 Å². The average molecular weight is 268 g/mol. The van der Waals surface area contributed by atoms with Crippen LogP contribution in [0.15, 0.2) is 0 Å². The van der Waals surface area contributed by atoms with Crippen LogP contribution in [0.5, 0.6) is 0 Å². The Hall–Kier alpha value is -0.130. The second-order valence-corrected chi connectivity index (χ2v) is 4.25. The molecule has 1 amide bonds. The summed E-state index contributed by atoms with van der Waals surface area (Å²) in [5.41, 5.74) is -0.891. The summed E-state index contributed by atoms with van der Waals surface area (Å²) in [6.07, 6.45) is 0.943. The number of nitrogens with one attached hydrogen (secondary N) is 1. The third-order valence-corrected chi connectivity index (χ3v) is 2.23. The summed E-state index contributed by atoms with van der Waals surface area (Å²) in [6, 6.07) is 0. The van der Waals surface area contributed by atoms with Crippen molar-refractivity contribution in [3.8, 4) is 0 Å². The highest BCUT2D eigenvalue weighted by molar-refractivity contribution is 9.09. The fraction of sp³-hybridized carbons (Fsp3) is 0.889. The van der Waals surface area contributed by atoms with Gasteiger partial charge < -0.3 is 15.2 Å². The van der Waals surface area contributed by atoms with Crippen molar-refractivity contribution in [3.63, 3.8) is 0 Å². The Bertz CT molecular complexity index is 173. The van der Waals surface area contributed by atoms with Gasteiger partial charge in [-0.05, 0) is 6.92 Å². The summed E-state index contributed by atoms with van der Waals surface area (Å²) in [4.78, 5) is 11.1. The third-order valence-electron chi connectivity index (χ3n) is 1.83. The van der Waals surface area contributed by atoms with E-state index < -0.39 is 5.60 Å². The molecule has 0 fully saturated rings. The molecule has 1 unspecified atom stereocenters. The number of hydrogen-bond acceptors (Lipinski definition) is 3. The van der Waals surface area contributed by atoms with Gasteiger partial charge in [-0.15, -0.1) is 0 Å². The first-order valence-electron chi connectivity index (χ1n) is 4.56. The molecule has 0 saturated carbocycles. The molecule has 0 aliphatic heterocycles. The molecule has 0 aliphatic rings. The third kappa shape index (κ3) is 7.29. The molecule has 84 valence electrons. The highest BCUT2D eigenvalue weighted by atomic mass is 79.9. The minimum atomic E-state index is -0.891. The number of methoxy groups -OCH3 is 1. The first-order chi connectivity index (χ1) is 6.52. The molecule has 0 aliphatic carbocycles. The molecular formula is C9H18BrNO3. The lowest BCUT2D eigenvalue weighted by molar-refractivity contribution is -0.121. The van der Waals surface area contributed by atoms with Gasteiger partial charge in [0.15, 0.2) is 0 Å². The number of carbonyl (C=O) groups is 1. The van der Waals surface area contributed by atoms with Crippen LogP contribution >= 0.6 is 15.9 Å². The molecule has 0 aromatic heterocycles. The second kappa shape index (κ2) is 7.20. The van der Waals surface area contributed by atoms with E-state index in [0.29, 0.717) is 24.8 Å². The van der Waals surface area contributed by atoms with Crippen molar-refractivity contribution in [3.05, 3.63) is 0 Å². The summed E-state index contributed by atoms with van der Waals surface area (Å²) in [7, 11) is 1.58. The normalized spacial score (nSPS) is 14.9. The van der Waals surface area contributed by atoms with Gasteiger partial charge in [0.1, 0.15) is 0 Å². The highest BCUT2D eigenvalue weighted by Crippen LogP contribution is 2.07. The predicted molar refractivity (Wildman–Crippen MR) is 58.5 cm³/mol. The Morgan fingerprint density at radius 2 is 2.29 bits per heavy atom. The minimum absolute atomic E-state index is 0.0560. The van der Waals surface area contributed by atoms with Gasteiger partial charge >= 0.3 is 0 Å². The van der Waals surface area contributed by atoms with Crippen molar-refractivity contribution in [1.82, 2.24) is 5.32 Å². The van der Waals surface area contributed by atoms with Crippen LogP contribution < -0.4 is 5.32 Å². The number of amides is 1. The van der Waals surface area contributed by atoms with E-state index in [2.05, 4.69) is 21.2 Å². The molecule has 0 rings (SSSR count). The van der Waals surface area contributed by atoms with Crippen molar-refractivity contribution in [1.29, 1.82) is 0 Å². The van der Waals surface area contributed by atoms with Crippen LogP contribution in [0.3, 0.4) is 0 Å². The first-order valence-corrected chi connectivity index (χ1v) is 5.68. The van der Waals surface area contributed by atoms with Crippen LogP contribution in [0.4, 0.5) is 0 Å². The zero-order chi connectivity index (χ0) is 11.0. The molecule has 0 bridgehead atoms. The predicted octanol–water partition coefficient (Wildman–Crippen LogP) is 0.675. The number of halogens is 1. The molecule has 5 heteroatoms. The quantitative estimate of drug-likeness (QED) is 0.667. The largest absolute Gasteiger partial charge is 0.388 e. The Labute approximate surface area is 93.1 Å². The van der Waals surface area contributed by atoms with Crippen molar-refractivity contribution >= 4 is 21.8 Å². The Balaban J connectivity index is 3.68. The summed E-state index contributed by atoms with van der Waals surface area (Å²) < 4.78 is 4.85. The number of ether oxygens (including phenoxy) is 1. The number of rotatable bonds is 7. The smallest absolute Gasteiger partial charge is 0.220 e. The maximum absolute atomic E-state index is 11.1. The van der Waals surface area contributed by atoms with E-state index >= 15 is 0 Å². The van der Waals surface area contributed by atoms with Gasteiger partial charge in [0.2, 0.25) is 5.91 Å². The molecule has 4 nitrogen and oxygen atoms in total. The summed E-state index contributed by atoms with van der Waals surface area (Å²) in [5, 5.41) is 13.1. The number of hydrogen-bond donors (Lipinski definition) is 2. The Morgan fingerprint density at radius 1 is 1.64 bits per heavy atom. The van der Waals surface area contributed by atoms with Gasteiger partial charge in [-0.1, -0.05) is 15.9 Å². The van der Waals surface area contributed by atoms with E-state index in [0.717, 1.165) is 0 Å². The SMILES string of the molecule is COCCC(C)(O)CNC(=O)CCBr. The molecule has 0 saturated heterocycles. The van der Waals surface area contributed by atoms with Crippen molar-refractivity contribution in [2.45, 2.75) is 25.4 Å². The maximum atomic E-state index is 11.1. The maximum Gasteiger partial charge on any atom is 0.220 e. The zero-order valence-corrected chi connectivity index (χ0v) is 10.3. The lowest BCUT2D eigenvalue weighted by Crippen LogP contribution is -2.41. The van der Waals surface area contributed by atoms with E-state index in [-0.39, 0.29) is 12.5 Å². The van der Waals surface area contributed by atoms with Gasteiger partial charge in [-0.3, -0.25) is 4.79 Å². The van der Waals surface area contributed by atoms with E-state index in [1.807, 2.05) is 0 Å². The van der Waals surface area contributed by atoms with Crippen LogP contribution in [0.2, 0.25) is 0 Å². The number of alkyl halides is 1. The molecule has 0 aromatic rings. The molecular weight excluding hydrogens is 250 g/mol. The summed E-state index contributed by atoms with van der Waals surface area (Å²) in [5.74, 6) is -0.0560. The van der Waals surface area contributed by atoms with Gasteiger partial charge in [0, 0.05) is 38.4 Å². The van der Waals surface area contributed by atoms with E-state index in [1.165, 1.54) is 0 Å². The topological polar surface area (TPSA) is 58.6 Å². The van der Waals surface area contributed by atoms with E-state index in [9.17, 15) is 9.90 Å². The van der Waals surface area contributed by atoms with E-state index in [1.54, 1.807) is 14.0 Å². The van der Waals surface area contributed by atoms with Crippen molar-refractivity contribution < 1.29 is 14.6 Å². The monoisotopic (exact) mass is 267 g/mol. The molecule has 0 radical (unpaired) electrons. The molecule has 0 heterocycles. The molecule has 2 N–H and O–H groups in total. The van der Waals surface area contributed by atoms with Crippen LogP contribution in [0, 0.1) is 0 Å². The highest BCUT2D eigenvalue weighted by Gasteiger charge is 2.20.